The zero-order chi connectivity index (χ0) is 29.9. The predicted octanol–water partition coefficient (Wildman–Crippen LogP) is 2.71. The summed E-state index contributed by atoms with van der Waals surface area (Å²) < 4.78 is 0. The molecule has 1 aromatic carbocycles. The van der Waals surface area contributed by atoms with Crippen molar-refractivity contribution in [3.05, 3.63) is 36.0 Å². The molecule has 0 bridgehead atoms. The number of nitrogens with zero attached hydrogens (tertiary/aromatic N) is 1. The molecule has 4 amide bonds. The lowest BCUT2D eigenvalue weighted by Gasteiger charge is -2.39. The third kappa shape index (κ3) is 6.77. The summed E-state index contributed by atoms with van der Waals surface area (Å²) in [4.78, 5) is 68.6. The van der Waals surface area contributed by atoms with Gasteiger partial charge in [0.05, 0.1) is 0 Å². The standard InChI is InChI=1S/C31H41N5O6/c1-19(37)36-13-11-31(12-14-36)18-22(27(38)35-31)17-26(30(41)42)34-28(39)24(15-20-7-3-2-4-8-20)33-29(40)25-16-21-9-5-6-10-23(21)32-25/h5-6,9-10,16,20,22,24,26,32H,2-4,7-8,11-15,17-18H2,1H3,(H,33,40)(H,34,39)(H,35,38)(H,41,42)/t22?,24-,26-/m0/s1. The smallest absolute Gasteiger partial charge is 0.326 e. The first-order valence-electron chi connectivity index (χ1n) is 15.1. The van der Waals surface area contributed by atoms with Crippen LogP contribution in [-0.2, 0) is 19.2 Å². The van der Waals surface area contributed by atoms with Gasteiger partial charge in [-0.05, 0) is 50.2 Å². The first-order valence-corrected chi connectivity index (χ1v) is 15.1. The quantitative estimate of drug-likeness (QED) is 0.307. The number of aliphatic carboxylic acids is 1. The normalized spacial score (nSPS) is 22.0. The van der Waals surface area contributed by atoms with Gasteiger partial charge >= 0.3 is 5.97 Å². The largest absolute Gasteiger partial charge is 0.480 e. The maximum Gasteiger partial charge on any atom is 0.326 e. The third-order valence-electron chi connectivity index (χ3n) is 9.39. The molecule has 5 rings (SSSR count). The van der Waals surface area contributed by atoms with Gasteiger partial charge in [-0.1, -0.05) is 50.3 Å². The van der Waals surface area contributed by atoms with Crippen LogP contribution >= 0.6 is 0 Å². The van der Waals surface area contributed by atoms with Gasteiger partial charge in [0, 0.05) is 42.4 Å². The maximum atomic E-state index is 13.6. The highest BCUT2D eigenvalue weighted by Gasteiger charge is 2.47. The van der Waals surface area contributed by atoms with Crippen molar-refractivity contribution >= 4 is 40.5 Å². The van der Waals surface area contributed by atoms with Gasteiger partial charge in [-0.15, -0.1) is 0 Å². The van der Waals surface area contributed by atoms with Crippen LogP contribution in [0.3, 0.4) is 0 Å². The van der Waals surface area contributed by atoms with E-state index in [1.54, 1.807) is 11.0 Å². The van der Waals surface area contributed by atoms with E-state index >= 15 is 0 Å². The summed E-state index contributed by atoms with van der Waals surface area (Å²) in [6, 6.07) is 7.05. The van der Waals surface area contributed by atoms with Gasteiger partial charge in [0.15, 0.2) is 0 Å². The average Bonchev–Trinajstić information content (AvgIpc) is 3.53. The number of benzene rings is 1. The van der Waals surface area contributed by atoms with E-state index in [1.165, 1.54) is 6.92 Å². The summed E-state index contributed by atoms with van der Waals surface area (Å²) in [5, 5.41) is 19.5. The minimum Gasteiger partial charge on any atom is -0.480 e. The minimum absolute atomic E-state index is 0.00112. The van der Waals surface area contributed by atoms with E-state index in [4.69, 9.17) is 0 Å². The number of aromatic amines is 1. The molecule has 2 aliphatic heterocycles. The number of piperidine rings is 1. The van der Waals surface area contributed by atoms with E-state index in [-0.39, 0.29) is 24.2 Å². The molecule has 2 saturated heterocycles. The van der Waals surface area contributed by atoms with Gasteiger partial charge < -0.3 is 30.9 Å². The molecule has 2 aromatic rings. The van der Waals surface area contributed by atoms with Crippen molar-refractivity contribution in [1.29, 1.82) is 0 Å². The van der Waals surface area contributed by atoms with Crippen LogP contribution in [0, 0.1) is 11.8 Å². The Labute approximate surface area is 245 Å². The second-order valence-electron chi connectivity index (χ2n) is 12.3. The lowest BCUT2D eigenvalue weighted by atomic mass is 9.82. The molecular formula is C31H41N5O6. The SMILES string of the molecule is CC(=O)N1CCC2(CC1)CC(C[C@H](NC(=O)[C@H](CC1CCCCC1)NC(=O)c1cc3ccccc3[nH]1)C(=O)O)C(=O)N2. The lowest BCUT2D eigenvalue weighted by molar-refractivity contribution is -0.143. The van der Waals surface area contributed by atoms with Crippen LogP contribution in [0.1, 0.15) is 81.6 Å². The second-order valence-corrected chi connectivity index (χ2v) is 12.3. The molecule has 1 spiro atoms. The third-order valence-corrected chi connectivity index (χ3v) is 9.39. The fraction of sp³-hybridized carbons (Fsp3) is 0.581. The van der Waals surface area contributed by atoms with Crippen molar-refractivity contribution in [2.75, 3.05) is 13.1 Å². The number of amides is 4. The van der Waals surface area contributed by atoms with Gasteiger partial charge in [0.2, 0.25) is 17.7 Å². The van der Waals surface area contributed by atoms with Crippen LogP contribution in [0.4, 0.5) is 0 Å². The second kappa shape index (κ2) is 12.5. The Kier molecular flexibility index (Phi) is 8.84. The monoisotopic (exact) mass is 579 g/mol. The number of hydrogen-bond donors (Lipinski definition) is 5. The maximum absolute atomic E-state index is 13.6. The molecule has 226 valence electrons. The van der Waals surface area contributed by atoms with Gasteiger partial charge in [0.25, 0.3) is 5.91 Å². The summed E-state index contributed by atoms with van der Waals surface area (Å²) in [5.74, 6) is -2.75. The van der Waals surface area contributed by atoms with Crippen LogP contribution in [0.25, 0.3) is 10.9 Å². The Morgan fingerprint density at radius 1 is 1.02 bits per heavy atom. The van der Waals surface area contributed by atoms with Crippen LogP contribution in [0.5, 0.6) is 0 Å². The number of carbonyl (C=O) groups excluding carboxylic acids is 4. The van der Waals surface area contributed by atoms with E-state index in [0.29, 0.717) is 44.5 Å². The molecule has 1 saturated carbocycles. The number of nitrogens with one attached hydrogen (secondary N) is 4. The number of fused-ring (bicyclic) bond motifs is 1. The number of aromatic nitrogens is 1. The molecule has 1 unspecified atom stereocenters. The fourth-order valence-electron chi connectivity index (χ4n) is 6.95. The fourth-order valence-corrected chi connectivity index (χ4v) is 6.95. The van der Waals surface area contributed by atoms with Crippen molar-refractivity contribution in [3.8, 4) is 0 Å². The number of carboxylic acid groups (broad SMARTS) is 1. The summed E-state index contributed by atoms with van der Waals surface area (Å²) in [6.45, 7) is 2.61. The molecule has 1 aromatic heterocycles. The number of carboxylic acids is 1. The molecule has 3 heterocycles. The van der Waals surface area contributed by atoms with Crippen LogP contribution in [-0.4, -0.2) is 75.3 Å². The van der Waals surface area contributed by atoms with E-state index in [1.807, 2.05) is 24.3 Å². The Bertz CT molecular complexity index is 1310. The van der Waals surface area contributed by atoms with E-state index in [9.17, 15) is 29.1 Å². The van der Waals surface area contributed by atoms with E-state index < -0.39 is 41.3 Å². The summed E-state index contributed by atoms with van der Waals surface area (Å²) >= 11 is 0. The molecule has 1 aliphatic carbocycles. The Balaban J connectivity index is 1.26. The number of likely N-dealkylation sites (tertiary alicyclic amines) is 1. The van der Waals surface area contributed by atoms with E-state index in [0.717, 1.165) is 43.0 Å². The van der Waals surface area contributed by atoms with Crippen LogP contribution < -0.4 is 16.0 Å². The number of H-pyrrole nitrogens is 1. The van der Waals surface area contributed by atoms with E-state index in [2.05, 4.69) is 20.9 Å². The highest BCUT2D eigenvalue weighted by molar-refractivity contribution is 6.00. The molecule has 11 nitrogen and oxygen atoms in total. The molecule has 42 heavy (non-hydrogen) atoms. The van der Waals surface area contributed by atoms with Gasteiger partial charge in [-0.2, -0.15) is 0 Å². The van der Waals surface area contributed by atoms with Crippen LogP contribution in [0.15, 0.2) is 30.3 Å². The van der Waals surface area contributed by atoms with Gasteiger partial charge in [-0.3, -0.25) is 19.2 Å². The topological polar surface area (TPSA) is 161 Å². The average molecular weight is 580 g/mol. The zero-order valence-electron chi connectivity index (χ0n) is 24.1. The van der Waals surface area contributed by atoms with Crippen molar-refractivity contribution in [1.82, 2.24) is 25.8 Å². The minimum atomic E-state index is -1.28. The van der Waals surface area contributed by atoms with Crippen molar-refractivity contribution in [3.63, 3.8) is 0 Å². The van der Waals surface area contributed by atoms with Crippen molar-refractivity contribution < 1.29 is 29.1 Å². The molecule has 0 radical (unpaired) electrons. The summed E-state index contributed by atoms with van der Waals surface area (Å²) in [6.07, 6.45) is 7.25. The first kappa shape index (κ1) is 29.6. The first-order chi connectivity index (χ1) is 20.1. The molecule has 5 N–H and O–H groups in total. The Hall–Kier alpha value is -3.89. The Morgan fingerprint density at radius 3 is 2.40 bits per heavy atom. The summed E-state index contributed by atoms with van der Waals surface area (Å²) in [7, 11) is 0. The lowest BCUT2D eigenvalue weighted by Crippen LogP contribution is -2.53. The van der Waals surface area contributed by atoms with Crippen LogP contribution in [0.2, 0.25) is 0 Å². The number of rotatable bonds is 9. The Morgan fingerprint density at radius 2 is 1.74 bits per heavy atom. The van der Waals surface area contributed by atoms with Crippen molar-refractivity contribution in [2.24, 2.45) is 11.8 Å². The molecule has 3 aliphatic rings. The van der Waals surface area contributed by atoms with Gasteiger partial charge in [-0.25, -0.2) is 4.79 Å². The predicted molar refractivity (Wildman–Crippen MR) is 155 cm³/mol. The summed E-state index contributed by atoms with van der Waals surface area (Å²) in [5.41, 5.74) is 0.676. The number of hydrogen-bond acceptors (Lipinski definition) is 5. The molecule has 11 heteroatoms. The zero-order valence-corrected chi connectivity index (χ0v) is 24.1. The molecule has 3 fully saturated rings. The molecular weight excluding hydrogens is 538 g/mol. The molecule has 3 atom stereocenters. The number of para-hydroxylation sites is 1. The van der Waals surface area contributed by atoms with Gasteiger partial charge in [0.1, 0.15) is 17.8 Å². The highest BCUT2D eigenvalue weighted by Crippen LogP contribution is 2.36. The number of carbonyl (C=O) groups is 5. The van der Waals surface area contributed by atoms with Crippen molar-refractivity contribution in [2.45, 2.75) is 88.8 Å². The highest BCUT2D eigenvalue weighted by atomic mass is 16.4.